The first kappa shape index (κ1) is 23.2. The van der Waals surface area contributed by atoms with Crippen LogP contribution in [0.5, 0.6) is 5.75 Å². The number of aromatic nitrogens is 2. The van der Waals surface area contributed by atoms with E-state index in [1.807, 2.05) is 0 Å². The van der Waals surface area contributed by atoms with Gasteiger partial charge in [-0.15, -0.1) is 0 Å². The highest BCUT2D eigenvalue weighted by atomic mass is 35.5. The molecule has 0 unspecified atom stereocenters. The summed E-state index contributed by atoms with van der Waals surface area (Å²) in [5.74, 6) is -0.425. The van der Waals surface area contributed by atoms with Crippen molar-refractivity contribution in [2.75, 3.05) is 25.5 Å². The molecule has 1 aromatic carbocycles. The molecule has 29 heavy (non-hydrogen) atoms. The van der Waals surface area contributed by atoms with E-state index >= 15 is 0 Å². The molecule has 1 amide bonds. The van der Waals surface area contributed by atoms with Gasteiger partial charge in [-0.25, -0.2) is 4.68 Å². The molecule has 0 saturated carbocycles. The van der Waals surface area contributed by atoms with E-state index in [-0.39, 0.29) is 18.2 Å². The molecule has 2 aromatic rings. The first-order valence-corrected chi connectivity index (χ1v) is 9.47. The molecule has 0 bridgehead atoms. The molecular formula is C18H21Cl2F3N4O2. The highest BCUT2D eigenvalue weighted by Gasteiger charge is 2.40. The third-order valence-electron chi connectivity index (χ3n) is 3.96. The zero-order chi connectivity index (χ0) is 21.8. The molecular weight excluding hydrogens is 432 g/mol. The van der Waals surface area contributed by atoms with Crippen molar-refractivity contribution < 1.29 is 22.7 Å². The number of hydrogen-bond acceptors (Lipinski definition) is 4. The highest BCUT2D eigenvalue weighted by Crippen LogP contribution is 2.38. The molecule has 11 heteroatoms. The van der Waals surface area contributed by atoms with E-state index < -0.39 is 29.3 Å². The van der Waals surface area contributed by atoms with Crippen molar-refractivity contribution in [1.29, 1.82) is 0 Å². The lowest BCUT2D eigenvalue weighted by Crippen LogP contribution is -2.33. The van der Waals surface area contributed by atoms with Crippen LogP contribution in [0, 0.1) is 0 Å². The number of ether oxygens (including phenoxy) is 1. The lowest BCUT2D eigenvalue weighted by atomic mass is 10.1. The van der Waals surface area contributed by atoms with E-state index in [1.165, 1.54) is 7.11 Å². The molecule has 0 aliphatic heterocycles. The summed E-state index contributed by atoms with van der Waals surface area (Å²) < 4.78 is 45.7. The van der Waals surface area contributed by atoms with Crippen molar-refractivity contribution in [2.45, 2.75) is 32.5 Å². The standard InChI is InChI=1S/C18H21Cl2F3N4O2/c1-10(2)16-15(20)17(18(21,22)23)27(26-16)9-14(28)25-7-6-24-11-4-5-12(19)13(8-11)29-3/h4-5,8,10,24H,6-7,9H2,1-3H3,(H,25,28). The number of rotatable bonds is 8. The summed E-state index contributed by atoms with van der Waals surface area (Å²) >= 11 is 11.8. The minimum Gasteiger partial charge on any atom is -0.495 e. The Hall–Kier alpha value is -2.13. The molecule has 0 atom stereocenters. The van der Waals surface area contributed by atoms with Crippen LogP contribution >= 0.6 is 23.2 Å². The minimum absolute atomic E-state index is 0.102. The van der Waals surface area contributed by atoms with Crippen LogP contribution in [-0.2, 0) is 17.5 Å². The van der Waals surface area contributed by atoms with Gasteiger partial charge < -0.3 is 15.4 Å². The lowest BCUT2D eigenvalue weighted by Gasteiger charge is -2.12. The fraction of sp³-hybridized carbons (Fsp3) is 0.444. The molecule has 0 aliphatic rings. The van der Waals surface area contributed by atoms with Crippen LogP contribution in [0.25, 0.3) is 0 Å². The molecule has 1 heterocycles. The Morgan fingerprint density at radius 2 is 1.97 bits per heavy atom. The van der Waals surface area contributed by atoms with Crippen LogP contribution in [0.3, 0.4) is 0 Å². The van der Waals surface area contributed by atoms with Gasteiger partial charge in [0.15, 0.2) is 5.69 Å². The van der Waals surface area contributed by atoms with E-state index in [2.05, 4.69) is 15.7 Å². The second-order valence-electron chi connectivity index (χ2n) is 6.48. The molecule has 0 aliphatic carbocycles. The topological polar surface area (TPSA) is 68.2 Å². The van der Waals surface area contributed by atoms with Gasteiger partial charge in [0.25, 0.3) is 0 Å². The molecule has 2 rings (SSSR count). The SMILES string of the molecule is COc1cc(NCCNC(=O)Cn2nc(C(C)C)c(Cl)c2C(F)(F)F)ccc1Cl. The number of halogens is 5. The van der Waals surface area contributed by atoms with Crippen molar-refractivity contribution >= 4 is 34.8 Å². The number of carbonyl (C=O) groups excluding carboxylic acids is 1. The van der Waals surface area contributed by atoms with Gasteiger partial charge >= 0.3 is 6.18 Å². The van der Waals surface area contributed by atoms with Gasteiger partial charge in [0, 0.05) is 24.8 Å². The fourth-order valence-electron chi connectivity index (χ4n) is 2.58. The Labute approximate surface area is 176 Å². The van der Waals surface area contributed by atoms with Crippen LogP contribution in [-0.4, -0.2) is 35.9 Å². The summed E-state index contributed by atoms with van der Waals surface area (Å²) in [6, 6.07) is 5.09. The van der Waals surface area contributed by atoms with Gasteiger partial charge in [-0.05, 0) is 18.1 Å². The van der Waals surface area contributed by atoms with Crippen molar-refractivity contribution in [3.8, 4) is 5.75 Å². The van der Waals surface area contributed by atoms with Gasteiger partial charge in [0.05, 0.1) is 22.8 Å². The van der Waals surface area contributed by atoms with Gasteiger partial charge in [0.2, 0.25) is 5.91 Å². The maximum atomic E-state index is 13.3. The number of benzene rings is 1. The molecule has 6 nitrogen and oxygen atoms in total. The Morgan fingerprint density at radius 1 is 1.28 bits per heavy atom. The molecule has 160 valence electrons. The van der Waals surface area contributed by atoms with Crippen LogP contribution < -0.4 is 15.4 Å². The minimum atomic E-state index is -4.72. The van der Waals surface area contributed by atoms with Crippen molar-refractivity contribution in [2.24, 2.45) is 0 Å². The number of methoxy groups -OCH3 is 1. The van der Waals surface area contributed by atoms with Crippen molar-refractivity contribution in [1.82, 2.24) is 15.1 Å². The average Bonchev–Trinajstić information content (AvgIpc) is 2.96. The number of anilines is 1. The first-order chi connectivity index (χ1) is 13.5. The zero-order valence-corrected chi connectivity index (χ0v) is 17.5. The van der Waals surface area contributed by atoms with Gasteiger partial charge in [-0.1, -0.05) is 37.0 Å². The molecule has 0 radical (unpaired) electrons. The molecule has 2 N–H and O–H groups in total. The third kappa shape index (κ3) is 5.93. The number of amides is 1. The molecule has 0 saturated heterocycles. The normalized spacial score (nSPS) is 11.6. The summed E-state index contributed by atoms with van der Waals surface area (Å²) in [5.41, 5.74) is -0.296. The van der Waals surface area contributed by atoms with Gasteiger partial charge in [-0.3, -0.25) is 4.79 Å². The third-order valence-corrected chi connectivity index (χ3v) is 4.64. The monoisotopic (exact) mass is 452 g/mol. The number of alkyl halides is 3. The second-order valence-corrected chi connectivity index (χ2v) is 7.27. The van der Waals surface area contributed by atoms with E-state index in [1.54, 1.807) is 32.0 Å². The number of hydrogen-bond donors (Lipinski definition) is 2. The van der Waals surface area contributed by atoms with Crippen molar-refractivity contribution in [3.63, 3.8) is 0 Å². The predicted octanol–water partition coefficient (Wildman–Crippen LogP) is 4.57. The summed E-state index contributed by atoms with van der Waals surface area (Å²) in [6.45, 7) is 3.30. The average molecular weight is 453 g/mol. The van der Waals surface area contributed by atoms with E-state index in [4.69, 9.17) is 27.9 Å². The smallest absolute Gasteiger partial charge is 0.434 e. The fourth-order valence-corrected chi connectivity index (χ4v) is 3.24. The van der Waals surface area contributed by atoms with Gasteiger partial charge in [0.1, 0.15) is 12.3 Å². The maximum absolute atomic E-state index is 13.3. The first-order valence-electron chi connectivity index (χ1n) is 8.72. The highest BCUT2D eigenvalue weighted by molar-refractivity contribution is 6.32. The molecule has 0 fully saturated rings. The van der Waals surface area contributed by atoms with Crippen LogP contribution in [0.15, 0.2) is 18.2 Å². The number of carbonyl (C=O) groups is 1. The Bertz CT molecular complexity index is 870. The Balaban J connectivity index is 1.95. The quantitative estimate of drug-likeness (QED) is 0.575. The Kier molecular flexibility index (Phi) is 7.65. The largest absolute Gasteiger partial charge is 0.495 e. The van der Waals surface area contributed by atoms with Crippen LogP contribution in [0.4, 0.5) is 18.9 Å². The lowest BCUT2D eigenvalue weighted by molar-refractivity contribution is -0.144. The predicted molar refractivity (Wildman–Crippen MR) is 106 cm³/mol. The second kappa shape index (κ2) is 9.58. The Morgan fingerprint density at radius 3 is 2.55 bits per heavy atom. The number of nitrogens with zero attached hydrogens (tertiary/aromatic N) is 2. The van der Waals surface area contributed by atoms with E-state index in [0.717, 1.165) is 5.69 Å². The summed E-state index contributed by atoms with van der Waals surface area (Å²) in [6.07, 6.45) is -4.72. The number of nitrogens with one attached hydrogen (secondary N) is 2. The summed E-state index contributed by atoms with van der Waals surface area (Å²) in [4.78, 5) is 12.1. The van der Waals surface area contributed by atoms with Crippen LogP contribution in [0.2, 0.25) is 10.0 Å². The summed E-state index contributed by atoms with van der Waals surface area (Å²) in [5, 5.41) is 9.47. The molecule has 0 spiro atoms. The zero-order valence-electron chi connectivity index (χ0n) is 16.0. The van der Waals surface area contributed by atoms with E-state index in [0.29, 0.717) is 22.0 Å². The molecule has 1 aromatic heterocycles. The van der Waals surface area contributed by atoms with Crippen molar-refractivity contribution in [3.05, 3.63) is 39.6 Å². The van der Waals surface area contributed by atoms with E-state index in [9.17, 15) is 18.0 Å². The van der Waals surface area contributed by atoms with Gasteiger partial charge in [-0.2, -0.15) is 18.3 Å². The maximum Gasteiger partial charge on any atom is 0.434 e. The van der Waals surface area contributed by atoms with Crippen LogP contribution in [0.1, 0.15) is 31.2 Å². The summed E-state index contributed by atoms with van der Waals surface area (Å²) in [7, 11) is 1.49.